The SMILES string of the molecule is CNC(C)C(=O)NC(C(=O)N1Cc2ccccc2CC1C(=O)N(CCc1ccc2ccccc2c1)Cc1ccc(C(=O)N[C@H]2C[C@@H](C(=O)N[C@@H]3CCCc4ccccc43)N(C(=O)C(NC(=O)C(C)NC)C(C)(C)C)C2)cc1)C(C)(C)C. The number of carbonyl (C=O) groups excluding carboxylic acids is 7. The van der Waals surface area contributed by atoms with E-state index in [0.29, 0.717) is 18.5 Å². The highest BCUT2D eigenvalue weighted by molar-refractivity contribution is 5.97. The van der Waals surface area contributed by atoms with E-state index in [-0.39, 0.29) is 68.1 Å². The van der Waals surface area contributed by atoms with Gasteiger partial charge in [-0.3, -0.25) is 33.6 Å². The molecule has 0 bridgehead atoms. The molecule has 0 saturated carbocycles. The Kier molecular flexibility index (Phi) is 18.8. The van der Waals surface area contributed by atoms with Gasteiger partial charge in [0.05, 0.1) is 18.1 Å². The summed E-state index contributed by atoms with van der Waals surface area (Å²) in [6.45, 7) is 15.5. The number of nitrogens with zero attached hydrogens (tertiary/aromatic N) is 3. The molecular weight excluding hydrogens is 1020 g/mol. The van der Waals surface area contributed by atoms with E-state index in [1.54, 1.807) is 49.9 Å². The number of benzene rings is 5. The van der Waals surface area contributed by atoms with Crippen LogP contribution in [0.4, 0.5) is 0 Å². The van der Waals surface area contributed by atoms with E-state index >= 15 is 9.59 Å². The number of likely N-dealkylation sites (tertiary alicyclic amines) is 1. The Hall–Kier alpha value is -7.43. The normalized spacial score (nSPS) is 19.5. The monoisotopic (exact) mass is 1100 g/mol. The van der Waals surface area contributed by atoms with E-state index in [1.165, 1.54) is 10.5 Å². The molecule has 0 spiro atoms. The molecule has 2 heterocycles. The van der Waals surface area contributed by atoms with Crippen molar-refractivity contribution in [2.24, 2.45) is 10.8 Å². The van der Waals surface area contributed by atoms with Crippen LogP contribution in [0.5, 0.6) is 0 Å². The maximum absolute atomic E-state index is 15.5. The second-order valence-corrected chi connectivity index (χ2v) is 24.5. The molecule has 6 N–H and O–H groups in total. The van der Waals surface area contributed by atoms with Crippen molar-refractivity contribution in [3.8, 4) is 0 Å². The van der Waals surface area contributed by atoms with Crippen LogP contribution in [0.3, 0.4) is 0 Å². The van der Waals surface area contributed by atoms with Crippen molar-refractivity contribution < 1.29 is 33.6 Å². The summed E-state index contributed by atoms with van der Waals surface area (Å²) in [5.41, 5.74) is 4.89. The molecule has 16 nitrogen and oxygen atoms in total. The van der Waals surface area contributed by atoms with Gasteiger partial charge in [0.2, 0.25) is 35.4 Å². The summed E-state index contributed by atoms with van der Waals surface area (Å²) in [6.07, 6.45) is 3.54. The summed E-state index contributed by atoms with van der Waals surface area (Å²) < 4.78 is 0. The molecule has 16 heteroatoms. The lowest BCUT2D eigenvalue weighted by molar-refractivity contribution is -0.151. The number of nitrogens with one attached hydrogen (secondary N) is 6. The van der Waals surface area contributed by atoms with Crippen molar-refractivity contribution in [2.45, 2.75) is 155 Å². The zero-order valence-electron chi connectivity index (χ0n) is 48.9. The van der Waals surface area contributed by atoms with Crippen molar-refractivity contribution >= 4 is 52.1 Å². The van der Waals surface area contributed by atoms with Crippen molar-refractivity contribution in [1.82, 2.24) is 46.6 Å². The molecule has 0 aromatic heterocycles. The summed E-state index contributed by atoms with van der Waals surface area (Å²) in [5, 5.41) is 20.4. The third kappa shape index (κ3) is 14.2. The molecule has 8 atom stereocenters. The predicted octanol–water partition coefficient (Wildman–Crippen LogP) is 6.54. The van der Waals surface area contributed by atoms with Crippen LogP contribution in [0.2, 0.25) is 0 Å². The average molecular weight is 1100 g/mol. The van der Waals surface area contributed by atoms with Gasteiger partial charge in [0.25, 0.3) is 5.91 Å². The van der Waals surface area contributed by atoms with Gasteiger partial charge in [-0.05, 0) is 127 Å². The summed E-state index contributed by atoms with van der Waals surface area (Å²) in [6, 6.07) is 31.8. The number of aryl methyl sites for hydroxylation is 1. The number of fused-ring (bicyclic) bond motifs is 3. The summed E-state index contributed by atoms with van der Waals surface area (Å²) in [7, 11) is 3.36. The van der Waals surface area contributed by atoms with E-state index in [1.807, 2.05) is 108 Å². The second-order valence-electron chi connectivity index (χ2n) is 24.5. The Balaban J connectivity index is 1.04. The number of hydrogen-bond acceptors (Lipinski definition) is 9. The van der Waals surface area contributed by atoms with Gasteiger partial charge in [-0.1, -0.05) is 145 Å². The maximum atomic E-state index is 15.5. The Morgan fingerprint density at radius 2 is 1.20 bits per heavy atom. The molecule has 5 aromatic rings. The predicted molar refractivity (Wildman–Crippen MR) is 315 cm³/mol. The lowest BCUT2D eigenvalue weighted by Crippen LogP contribution is -2.62. The van der Waals surface area contributed by atoms with Crippen LogP contribution in [-0.2, 0) is 61.1 Å². The molecule has 3 aliphatic rings. The third-order valence-corrected chi connectivity index (χ3v) is 16.6. The van der Waals surface area contributed by atoms with Crippen LogP contribution in [-0.4, -0.2) is 126 Å². The first kappa shape index (κ1) is 59.7. The number of carbonyl (C=O) groups is 7. The fourth-order valence-corrected chi connectivity index (χ4v) is 11.4. The van der Waals surface area contributed by atoms with E-state index in [0.717, 1.165) is 57.9 Å². The average Bonchev–Trinajstić information content (AvgIpc) is 3.88. The van der Waals surface area contributed by atoms with Gasteiger partial charge in [-0.15, -0.1) is 0 Å². The molecule has 8 rings (SSSR count). The Bertz CT molecular complexity index is 3110. The van der Waals surface area contributed by atoms with E-state index in [2.05, 4.69) is 68.3 Å². The standard InChI is InChI=1S/C65H83N9O7/c1-40(66-9)57(75)70-55(64(3,4)5)62(80)73-38-49-22-14-13-21-48(49)35-54(73)61(79)72(33-32-42-26-29-44-18-11-12-20-47(44)34-42)37-43-27-30-46(31-28-43)59(77)68-50-36-53(60(78)69-52-25-17-23-45-19-15-16-24-51(45)52)74(39-50)63(81)56(65(6,7)8)71-58(76)41(2)67-10/h11-16,18-22,24,26-31,34,40-41,50,52-56,66-67H,17,23,25,32-33,35-39H2,1-10H3,(H,68,77)(H,69,78)(H,70,75)(H,71,76)/t40?,41?,50-,52+,53-,54?,55?,56?/m0/s1. The topological polar surface area (TPSA) is 201 Å². The van der Waals surface area contributed by atoms with Crippen LogP contribution in [0, 0.1) is 10.8 Å². The Morgan fingerprint density at radius 3 is 1.83 bits per heavy atom. The molecule has 5 unspecified atom stereocenters. The van der Waals surface area contributed by atoms with Crippen LogP contribution in [0.15, 0.2) is 115 Å². The molecule has 1 fully saturated rings. The van der Waals surface area contributed by atoms with Crippen LogP contribution in [0.1, 0.15) is 124 Å². The lowest BCUT2D eigenvalue weighted by Gasteiger charge is -2.42. The Morgan fingerprint density at radius 1 is 0.630 bits per heavy atom. The zero-order valence-corrected chi connectivity index (χ0v) is 48.9. The molecule has 0 radical (unpaired) electrons. The minimum absolute atomic E-state index is 0.0450. The molecular formula is C65H83N9O7. The minimum Gasteiger partial charge on any atom is -0.347 e. The largest absolute Gasteiger partial charge is 0.347 e. The first-order valence-electron chi connectivity index (χ1n) is 28.7. The number of likely N-dealkylation sites (N-methyl/N-ethyl adjacent to an activating group) is 2. The number of rotatable bonds is 18. The van der Waals surface area contributed by atoms with Gasteiger partial charge >= 0.3 is 0 Å². The van der Waals surface area contributed by atoms with Crippen molar-refractivity contribution in [2.75, 3.05) is 27.2 Å². The number of amides is 7. The quantitative estimate of drug-likeness (QED) is 0.0564. The van der Waals surface area contributed by atoms with Gasteiger partial charge in [-0.25, -0.2) is 0 Å². The van der Waals surface area contributed by atoms with Gasteiger partial charge in [0.15, 0.2) is 0 Å². The highest BCUT2D eigenvalue weighted by Crippen LogP contribution is 2.33. The Labute approximate surface area is 477 Å². The van der Waals surface area contributed by atoms with Crippen molar-refractivity contribution in [1.29, 1.82) is 0 Å². The minimum atomic E-state index is -0.967. The first-order chi connectivity index (χ1) is 38.5. The van der Waals surface area contributed by atoms with E-state index in [4.69, 9.17) is 0 Å². The highest BCUT2D eigenvalue weighted by atomic mass is 16.2. The smallest absolute Gasteiger partial charge is 0.251 e. The molecule has 7 amide bonds. The first-order valence-corrected chi connectivity index (χ1v) is 28.7. The lowest BCUT2D eigenvalue weighted by atomic mass is 9.84. The third-order valence-electron chi connectivity index (χ3n) is 16.6. The molecule has 1 saturated heterocycles. The van der Waals surface area contributed by atoms with E-state index < -0.39 is 64.9 Å². The van der Waals surface area contributed by atoms with Crippen molar-refractivity contribution in [3.63, 3.8) is 0 Å². The van der Waals surface area contributed by atoms with Crippen LogP contribution >= 0.6 is 0 Å². The molecule has 81 heavy (non-hydrogen) atoms. The summed E-state index contributed by atoms with van der Waals surface area (Å²) in [5.74, 6) is -2.37. The molecule has 1 aliphatic carbocycles. The zero-order chi connectivity index (χ0) is 58.3. The summed E-state index contributed by atoms with van der Waals surface area (Å²) >= 11 is 0. The molecule has 2 aliphatic heterocycles. The fourth-order valence-electron chi connectivity index (χ4n) is 11.4. The summed E-state index contributed by atoms with van der Waals surface area (Å²) in [4.78, 5) is 106. The molecule has 430 valence electrons. The van der Waals surface area contributed by atoms with Gasteiger partial charge in [0, 0.05) is 44.2 Å². The number of hydrogen-bond donors (Lipinski definition) is 6. The van der Waals surface area contributed by atoms with Gasteiger partial charge < -0.3 is 46.6 Å². The van der Waals surface area contributed by atoms with Crippen LogP contribution < -0.4 is 31.9 Å². The van der Waals surface area contributed by atoms with E-state index in [9.17, 15) is 24.0 Å². The fraction of sp³-hybridized carbons (Fsp3) is 0.462. The van der Waals surface area contributed by atoms with Gasteiger partial charge in [0.1, 0.15) is 24.2 Å². The highest BCUT2D eigenvalue weighted by Gasteiger charge is 2.47. The van der Waals surface area contributed by atoms with Crippen molar-refractivity contribution in [3.05, 3.63) is 154 Å². The van der Waals surface area contributed by atoms with Gasteiger partial charge in [-0.2, -0.15) is 0 Å². The van der Waals surface area contributed by atoms with Crippen LogP contribution in [0.25, 0.3) is 10.8 Å². The molecule has 5 aromatic carbocycles. The maximum Gasteiger partial charge on any atom is 0.251 e. The second kappa shape index (κ2) is 25.6.